The van der Waals surface area contributed by atoms with Crippen LogP contribution in [0.3, 0.4) is 0 Å². The third kappa shape index (κ3) is 2.65. The number of ether oxygens (including phenoxy) is 2. The fourth-order valence-corrected chi connectivity index (χ4v) is 3.39. The van der Waals surface area contributed by atoms with Gasteiger partial charge >= 0.3 is 5.97 Å². The van der Waals surface area contributed by atoms with Crippen molar-refractivity contribution in [2.45, 2.75) is 39.4 Å². The lowest BCUT2D eigenvalue weighted by atomic mass is 9.98. The van der Waals surface area contributed by atoms with E-state index in [9.17, 15) is 4.79 Å². The molecule has 0 fully saturated rings. The van der Waals surface area contributed by atoms with E-state index in [1.54, 1.807) is 11.3 Å². The average Bonchev–Trinajstić information content (AvgIpc) is 2.97. The molecule has 21 heavy (non-hydrogen) atoms. The van der Waals surface area contributed by atoms with Crippen molar-refractivity contribution >= 4 is 17.3 Å². The Bertz CT molecular complexity index is 680. The molecule has 2 unspecified atom stereocenters. The number of hydrogen-bond donors (Lipinski definition) is 0. The van der Waals surface area contributed by atoms with E-state index in [4.69, 9.17) is 9.47 Å². The van der Waals surface area contributed by atoms with E-state index in [2.05, 4.69) is 4.98 Å². The van der Waals surface area contributed by atoms with E-state index >= 15 is 0 Å². The first-order valence-electron chi connectivity index (χ1n) is 6.91. The number of carbonyl (C=O) groups is 1. The Morgan fingerprint density at radius 2 is 2.14 bits per heavy atom. The van der Waals surface area contributed by atoms with Gasteiger partial charge in [0.2, 0.25) is 6.10 Å². The zero-order valence-electron chi connectivity index (χ0n) is 12.3. The Balaban J connectivity index is 1.66. The molecular formula is C16H17NO3S. The second-order valence-electron chi connectivity index (χ2n) is 5.21. The topological polar surface area (TPSA) is 48.4 Å². The van der Waals surface area contributed by atoms with Crippen molar-refractivity contribution < 1.29 is 14.3 Å². The van der Waals surface area contributed by atoms with Gasteiger partial charge in [0.1, 0.15) is 12.4 Å². The SMILES string of the molecule is Cc1nc(C)c(COC(=O)C2Oc3ccccc3C2C)s1. The van der Waals surface area contributed by atoms with Crippen LogP contribution >= 0.6 is 11.3 Å². The van der Waals surface area contributed by atoms with Crippen LogP contribution < -0.4 is 4.74 Å². The summed E-state index contributed by atoms with van der Waals surface area (Å²) < 4.78 is 11.1. The second-order valence-corrected chi connectivity index (χ2v) is 6.50. The van der Waals surface area contributed by atoms with Gasteiger partial charge in [-0.25, -0.2) is 9.78 Å². The molecule has 1 aromatic carbocycles. The smallest absolute Gasteiger partial charge is 0.348 e. The molecule has 1 aliphatic heterocycles. The van der Waals surface area contributed by atoms with Gasteiger partial charge in [-0.3, -0.25) is 0 Å². The summed E-state index contributed by atoms with van der Waals surface area (Å²) in [5.74, 6) is 0.471. The fraction of sp³-hybridized carbons (Fsp3) is 0.375. The van der Waals surface area contributed by atoms with E-state index < -0.39 is 6.10 Å². The van der Waals surface area contributed by atoms with Crippen LogP contribution in [0.4, 0.5) is 0 Å². The number of aryl methyl sites for hydroxylation is 2. The molecule has 0 bridgehead atoms. The minimum Gasteiger partial charge on any atom is -0.478 e. The van der Waals surface area contributed by atoms with Gasteiger partial charge in [-0.1, -0.05) is 25.1 Å². The highest BCUT2D eigenvalue weighted by Gasteiger charge is 2.37. The molecule has 0 saturated heterocycles. The van der Waals surface area contributed by atoms with Crippen LogP contribution in [-0.4, -0.2) is 17.1 Å². The molecule has 110 valence electrons. The van der Waals surface area contributed by atoms with Crippen LogP contribution in [0, 0.1) is 13.8 Å². The number of aromatic nitrogens is 1. The molecule has 3 rings (SSSR count). The van der Waals surface area contributed by atoms with Crippen LogP contribution in [0.1, 0.15) is 34.0 Å². The van der Waals surface area contributed by atoms with Crippen molar-refractivity contribution in [1.82, 2.24) is 4.98 Å². The van der Waals surface area contributed by atoms with Crippen molar-refractivity contribution in [3.05, 3.63) is 45.4 Å². The minimum atomic E-state index is -0.559. The number of benzene rings is 1. The lowest BCUT2D eigenvalue weighted by molar-refractivity contribution is -0.153. The summed E-state index contributed by atoms with van der Waals surface area (Å²) in [6.07, 6.45) is -0.559. The molecule has 2 aromatic rings. The van der Waals surface area contributed by atoms with E-state index in [-0.39, 0.29) is 18.5 Å². The molecule has 0 N–H and O–H groups in total. The first-order chi connectivity index (χ1) is 10.1. The van der Waals surface area contributed by atoms with Crippen LogP contribution in [0.25, 0.3) is 0 Å². The number of rotatable bonds is 3. The van der Waals surface area contributed by atoms with Crippen molar-refractivity contribution in [2.75, 3.05) is 0 Å². The summed E-state index contributed by atoms with van der Waals surface area (Å²) in [7, 11) is 0. The highest BCUT2D eigenvalue weighted by atomic mass is 32.1. The summed E-state index contributed by atoms with van der Waals surface area (Å²) in [6.45, 7) is 6.12. The highest BCUT2D eigenvalue weighted by Crippen LogP contribution is 2.38. The van der Waals surface area contributed by atoms with Crippen molar-refractivity contribution in [1.29, 1.82) is 0 Å². The molecule has 4 nitrogen and oxygen atoms in total. The number of para-hydroxylation sites is 1. The third-order valence-corrected chi connectivity index (χ3v) is 4.74. The summed E-state index contributed by atoms with van der Waals surface area (Å²) in [4.78, 5) is 17.6. The molecule has 0 radical (unpaired) electrons. The lowest BCUT2D eigenvalue weighted by Crippen LogP contribution is -2.29. The van der Waals surface area contributed by atoms with Crippen molar-refractivity contribution in [3.8, 4) is 5.75 Å². The van der Waals surface area contributed by atoms with Gasteiger partial charge in [0.05, 0.1) is 15.6 Å². The van der Waals surface area contributed by atoms with E-state index in [0.29, 0.717) is 0 Å². The predicted octanol–water partition coefficient (Wildman–Crippen LogP) is 3.37. The summed E-state index contributed by atoms with van der Waals surface area (Å²) in [5.41, 5.74) is 1.98. The highest BCUT2D eigenvalue weighted by molar-refractivity contribution is 7.11. The van der Waals surface area contributed by atoms with Gasteiger partial charge in [-0.05, 0) is 19.9 Å². The van der Waals surface area contributed by atoms with Crippen LogP contribution in [0.5, 0.6) is 5.75 Å². The van der Waals surface area contributed by atoms with Gasteiger partial charge in [0.25, 0.3) is 0 Å². The zero-order valence-corrected chi connectivity index (χ0v) is 13.1. The quantitative estimate of drug-likeness (QED) is 0.816. The molecule has 5 heteroatoms. The fourth-order valence-electron chi connectivity index (χ4n) is 2.54. The summed E-state index contributed by atoms with van der Waals surface area (Å²) in [6, 6.07) is 7.73. The predicted molar refractivity (Wildman–Crippen MR) is 80.7 cm³/mol. The van der Waals surface area contributed by atoms with Crippen LogP contribution in [0.2, 0.25) is 0 Å². The molecule has 0 spiro atoms. The van der Waals surface area contributed by atoms with E-state index in [1.807, 2.05) is 45.0 Å². The molecule has 0 amide bonds. The molecule has 2 atom stereocenters. The molecule has 0 saturated carbocycles. The van der Waals surface area contributed by atoms with Gasteiger partial charge in [-0.2, -0.15) is 0 Å². The third-order valence-electron chi connectivity index (χ3n) is 3.70. The normalized spacial score (nSPS) is 20.0. The molecule has 1 aromatic heterocycles. The molecule has 0 aliphatic carbocycles. The number of thiazole rings is 1. The van der Waals surface area contributed by atoms with Gasteiger partial charge in [0, 0.05) is 11.5 Å². The molecule has 2 heterocycles. The van der Waals surface area contributed by atoms with Crippen molar-refractivity contribution in [2.24, 2.45) is 0 Å². The second kappa shape index (κ2) is 5.48. The van der Waals surface area contributed by atoms with Gasteiger partial charge in [-0.15, -0.1) is 11.3 Å². The van der Waals surface area contributed by atoms with Gasteiger partial charge in [0.15, 0.2) is 0 Å². The van der Waals surface area contributed by atoms with E-state index in [1.165, 1.54) is 0 Å². The van der Waals surface area contributed by atoms with Crippen molar-refractivity contribution in [3.63, 3.8) is 0 Å². The number of hydrogen-bond acceptors (Lipinski definition) is 5. The first kappa shape index (κ1) is 14.1. The Morgan fingerprint density at radius 3 is 2.81 bits per heavy atom. The number of esters is 1. The maximum absolute atomic E-state index is 12.3. The lowest BCUT2D eigenvalue weighted by Gasteiger charge is -2.14. The molecular weight excluding hydrogens is 286 g/mol. The maximum atomic E-state index is 12.3. The summed E-state index contributed by atoms with van der Waals surface area (Å²) in [5, 5.41) is 0.983. The number of carbonyl (C=O) groups excluding carboxylic acids is 1. The minimum absolute atomic E-state index is 0.0120. The maximum Gasteiger partial charge on any atom is 0.348 e. The standard InChI is InChI=1S/C16H17NO3S/c1-9-12-6-4-5-7-13(12)20-15(9)16(18)19-8-14-10(2)17-11(3)21-14/h4-7,9,15H,8H2,1-3H3. The number of fused-ring (bicyclic) bond motifs is 1. The first-order valence-corrected chi connectivity index (χ1v) is 7.73. The number of nitrogens with zero attached hydrogens (tertiary/aromatic N) is 1. The average molecular weight is 303 g/mol. The van der Waals surface area contributed by atoms with Crippen LogP contribution in [-0.2, 0) is 16.1 Å². The zero-order chi connectivity index (χ0) is 15.0. The van der Waals surface area contributed by atoms with Gasteiger partial charge < -0.3 is 9.47 Å². The van der Waals surface area contributed by atoms with Crippen LogP contribution in [0.15, 0.2) is 24.3 Å². The Morgan fingerprint density at radius 1 is 1.38 bits per heavy atom. The Hall–Kier alpha value is -1.88. The summed E-state index contributed by atoms with van der Waals surface area (Å²) >= 11 is 1.56. The largest absolute Gasteiger partial charge is 0.478 e. The Kier molecular flexibility index (Phi) is 3.68. The molecule has 1 aliphatic rings. The van der Waals surface area contributed by atoms with E-state index in [0.717, 1.165) is 26.9 Å². The Labute approximate surface area is 127 Å². The monoisotopic (exact) mass is 303 g/mol.